The SMILES string of the molecule is CC=CCC(OC(=O)/C(C)=C\C(=O)O)C(=O)OC(=O)/C(C)=C\C(=O)O. The largest absolute Gasteiger partial charge is 0.478 e. The molecule has 136 valence electrons. The van der Waals surface area contributed by atoms with Crippen LogP contribution in [0.15, 0.2) is 35.5 Å². The van der Waals surface area contributed by atoms with Gasteiger partial charge in [0.05, 0.1) is 0 Å². The zero-order chi connectivity index (χ0) is 19.6. The summed E-state index contributed by atoms with van der Waals surface area (Å²) in [6.45, 7) is 3.96. The Labute approximate surface area is 143 Å². The van der Waals surface area contributed by atoms with Gasteiger partial charge in [-0.05, 0) is 20.8 Å². The Bertz CT molecular complexity index is 653. The fraction of sp³-hybridized carbons (Fsp3) is 0.312. The van der Waals surface area contributed by atoms with E-state index in [9.17, 15) is 24.0 Å². The van der Waals surface area contributed by atoms with Gasteiger partial charge in [-0.1, -0.05) is 12.2 Å². The molecule has 25 heavy (non-hydrogen) atoms. The summed E-state index contributed by atoms with van der Waals surface area (Å²) in [6, 6.07) is 0. The van der Waals surface area contributed by atoms with E-state index < -0.39 is 36.0 Å². The van der Waals surface area contributed by atoms with Gasteiger partial charge in [0.1, 0.15) is 0 Å². The van der Waals surface area contributed by atoms with Gasteiger partial charge >= 0.3 is 29.8 Å². The van der Waals surface area contributed by atoms with E-state index in [1.165, 1.54) is 13.0 Å². The van der Waals surface area contributed by atoms with E-state index in [1.54, 1.807) is 13.0 Å². The van der Waals surface area contributed by atoms with Crippen LogP contribution in [-0.2, 0) is 33.4 Å². The van der Waals surface area contributed by atoms with Crippen LogP contribution in [0.1, 0.15) is 27.2 Å². The number of carboxylic acid groups (broad SMARTS) is 2. The third kappa shape index (κ3) is 8.84. The van der Waals surface area contributed by atoms with Gasteiger partial charge in [0.15, 0.2) is 0 Å². The van der Waals surface area contributed by atoms with Crippen molar-refractivity contribution in [3.63, 3.8) is 0 Å². The van der Waals surface area contributed by atoms with E-state index in [-0.39, 0.29) is 17.6 Å². The lowest BCUT2D eigenvalue weighted by molar-refractivity contribution is -0.170. The Morgan fingerprint density at radius 2 is 1.40 bits per heavy atom. The summed E-state index contributed by atoms with van der Waals surface area (Å²) in [5.74, 6) is -6.25. The lowest BCUT2D eigenvalue weighted by Crippen LogP contribution is -2.31. The molecule has 0 aromatic heterocycles. The van der Waals surface area contributed by atoms with Crippen LogP contribution in [0.2, 0.25) is 0 Å². The van der Waals surface area contributed by atoms with E-state index >= 15 is 0 Å². The molecule has 9 heteroatoms. The first-order valence-electron chi connectivity index (χ1n) is 6.99. The molecular formula is C16H18O9. The van der Waals surface area contributed by atoms with Crippen LogP contribution in [0, 0.1) is 0 Å². The summed E-state index contributed by atoms with van der Waals surface area (Å²) in [6.07, 6.45) is 2.58. The minimum absolute atomic E-state index is 0.115. The summed E-state index contributed by atoms with van der Waals surface area (Å²) in [4.78, 5) is 56.3. The van der Waals surface area contributed by atoms with Crippen LogP contribution in [0.3, 0.4) is 0 Å². The number of hydrogen-bond acceptors (Lipinski definition) is 7. The maximum absolute atomic E-state index is 12.0. The number of esters is 3. The number of aliphatic carboxylic acids is 2. The zero-order valence-corrected chi connectivity index (χ0v) is 13.8. The minimum Gasteiger partial charge on any atom is -0.478 e. The smallest absolute Gasteiger partial charge is 0.355 e. The molecule has 0 bridgehead atoms. The molecule has 0 aliphatic carbocycles. The van der Waals surface area contributed by atoms with Crippen LogP contribution in [0.5, 0.6) is 0 Å². The predicted octanol–water partition coefficient (Wildman–Crippen LogP) is 0.996. The van der Waals surface area contributed by atoms with Crippen molar-refractivity contribution in [1.82, 2.24) is 0 Å². The van der Waals surface area contributed by atoms with Crippen molar-refractivity contribution in [2.75, 3.05) is 0 Å². The monoisotopic (exact) mass is 354 g/mol. The Hall–Kier alpha value is -3.23. The quantitative estimate of drug-likeness (QED) is 0.282. The maximum atomic E-state index is 12.0. The van der Waals surface area contributed by atoms with Crippen molar-refractivity contribution >= 4 is 29.8 Å². The first kappa shape index (κ1) is 21.8. The molecule has 0 aromatic carbocycles. The Morgan fingerprint density at radius 1 is 0.920 bits per heavy atom. The minimum atomic E-state index is -1.50. The molecule has 0 rings (SSSR count). The highest BCUT2D eigenvalue weighted by atomic mass is 16.6. The third-order valence-corrected chi connectivity index (χ3v) is 2.62. The molecule has 0 aromatic rings. The second-order valence-corrected chi connectivity index (χ2v) is 4.74. The fourth-order valence-electron chi connectivity index (χ4n) is 1.40. The molecule has 0 radical (unpaired) electrons. The van der Waals surface area contributed by atoms with Gasteiger partial charge < -0.3 is 19.7 Å². The van der Waals surface area contributed by atoms with Crippen molar-refractivity contribution in [2.24, 2.45) is 0 Å². The van der Waals surface area contributed by atoms with Crippen LogP contribution in [0.4, 0.5) is 0 Å². The first-order valence-corrected chi connectivity index (χ1v) is 6.99. The molecule has 0 aliphatic rings. The molecule has 0 amide bonds. The van der Waals surface area contributed by atoms with Gasteiger partial charge in [0.2, 0.25) is 6.10 Å². The second-order valence-electron chi connectivity index (χ2n) is 4.74. The van der Waals surface area contributed by atoms with Gasteiger partial charge in [-0.2, -0.15) is 0 Å². The number of ether oxygens (including phenoxy) is 2. The second kappa shape index (κ2) is 10.5. The van der Waals surface area contributed by atoms with Gasteiger partial charge in [-0.25, -0.2) is 24.0 Å². The maximum Gasteiger partial charge on any atom is 0.355 e. The lowest BCUT2D eigenvalue weighted by Gasteiger charge is -2.15. The van der Waals surface area contributed by atoms with Gasteiger partial charge in [0.25, 0.3) is 0 Å². The lowest BCUT2D eigenvalue weighted by atomic mass is 10.2. The molecule has 9 nitrogen and oxygen atoms in total. The van der Waals surface area contributed by atoms with Gasteiger partial charge in [0, 0.05) is 29.7 Å². The number of allylic oxidation sites excluding steroid dienone is 1. The molecule has 0 saturated heterocycles. The van der Waals surface area contributed by atoms with Crippen LogP contribution in [0.25, 0.3) is 0 Å². The molecule has 2 N–H and O–H groups in total. The Kier molecular flexibility index (Phi) is 9.17. The highest BCUT2D eigenvalue weighted by Crippen LogP contribution is 2.09. The highest BCUT2D eigenvalue weighted by Gasteiger charge is 2.27. The highest BCUT2D eigenvalue weighted by molar-refractivity contribution is 6.01. The number of carbonyl (C=O) groups is 5. The molecule has 0 heterocycles. The third-order valence-electron chi connectivity index (χ3n) is 2.62. The van der Waals surface area contributed by atoms with E-state index in [1.807, 2.05) is 0 Å². The molecule has 1 unspecified atom stereocenters. The first-order chi connectivity index (χ1) is 11.6. The molecule has 0 aliphatic heterocycles. The van der Waals surface area contributed by atoms with E-state index in [4.69, 9.17) is 14.9 Å². The summed E-state index contributed by atoms with van der Waals surface area (Å²) < 4.78 is 9.33. The van der Waals surface area contributed by atoms with Crippen LogP contribution in [-0.4, -0.2) is 46.2 Å². The Morgan fingerprint density at radius 3 is 1.84 bits per heavy atom. The van der Waals surface area contributed by atoms with Crippen molar-refractivity contribution in [3.8, 4) is 0 Å². The molecule has 0 saturated carbocycles. The summed E-state index contributed by atoms with van der Waals surface area (Å²) in [5, 5.41) is 17.1. The van der Waals surface area contributed by atoms with Crippen LogP contribution >= 0.6 is 0 Å². The van der Waals surface area contributed by atoms with Crippen molar-refractivity contribution in [3.05, 3.63) is 35.5 Å². The molecular weight excluding hydrogens is 336 g/mol. The molecule has 1 atom stereocenters. The fourth-order valence-corrected chi connectivity index (χ4v) is 1.40. The Balaban J connectivity index is 5.17. The topological polar surface area (TPSA) is 144 Å². The molecule has 0 fully saturated rings. The average molecular weight is 354 g/mol. The average Bonchev–Trinajstić information content (AvgIpc) is 2.49. The van der Waals surface area contributed by atoms with E-state index in [0.29, 0.717) is 12.2 Å². The van der Waals surface area contributed by atoms with E-state index in [0.717, 1.165) is 6.92 Å². The van der Waals surface area contributed by atoms with Crippen LogP contribution < -0.4 is 0 Å². The predicted molar refractivity (Wildman–Crippen MR) is 83.2 cm³/mol. The zero-order valence-electron chi connectivity index (χ0n) is 13.8. The number of carbonyl (C=O) groups excluding carboxylic acids is 3. The number of hydrogen-bond donors (Lipinski definition) is 2. The van der Waals surface area contributed by atoms with Crippen molar-refractivity contribution in [1.29, 1.82) is 0 Å². The summed E-state index contributed by atoms with van der Waals surface area (Å²) in [7, 11) is 0. The van der Waals surface area contributed by atoms with Crippen molar-refractivity contribution in [2.45, 2.75) is 33.3 Å². The van der Waals surface area contributed by atoms with Gasteiger partial charge in [-0.15, -0.1) is 0 Å². The number of carboxylic acids is 2. The van der Waals surface area contributed by atoms with Gasteiger partial charge in [-0.3, -0.25) is 0 Å². The molecule has 0 spiro atoms. The summed E-state index contributed by atoms with van der Waals surface area (Å²) >= 11 is 0. The standard InChI is InChI=1S/C16H18O9/c1-4-5-6-11(24-14(21)9(2)7-12(17)18)16(23)25-15(22)10(3)8-13(19)20/h4-5,7-8,11H,6H2,1-3H3,(H,17,18)(H,19,20)/b5-4?,9-7-,10-8-. The van der Waals surface area contributed by atoms with Crippen molar-refractivity contribution < 1.29 is 43.7 Å². The normalized spacial score (nSPS) is 13.2. The van der Waals surface area contributed by atoms with E-state index in [2.05, 4.69) is 4.74 Å². The summed E-state index contributed by atoms with van der Waals surface area (Å²) in [5.41, 5.74) is -0.599. The number of rotatable bonds is 8.